The van der Waals surface area contributed by atoms with Gasteiger partial charge in [-0.1, -0.05) is 24.3 Å². The Labute approximate surface area is 202 Å². The number of carbonyl (C=O) groups is 1. The summed E-state index contributed by atoms with van der Waals surface area (Å²) in [7, 11) is 0. The highest BCUT2D eigenvalue weighted by Gasteiger charge is 2.20. The molecule has 1 saturated heterocycles. The highest BCUT2D eigenvalue weighted by atomic mass is 32.1. The lowest BCUT2D eigenvalue weighted by Crippen LogP contribution is -2.48. The van der Waals surface area contributed by atoms with Crippen LogP contribution in [0, 0.1) is 5.82 Å². The Kier molecular flexibility index (Phi) is 8.26. The van der Waals surface area contributed by atoms with Crippen LogP contribution in [0.4, 0.5) is 20.0 Å². The Hall–Kier alpha value is -3.24. The second-order valence-electron chi connectivity index (χ2n) is 7.94. The fourth-order valence-electron chi connectivity index (χ4n) is 3.74. The molecule has 2 aromatic carbocycles. The van der Waals surface area contributed by atoms with Crippen molar-refractivity contribution < 1.29 is 13.9 Å². The van der Waals surface area contributed by atoms with Gasteiger partial charge in [-0.15, -0.1) is 0 Å². The molecule has 2 amide bonds. The number of piperazine rings is 1. The van der Waals surface area contributed by atoms with E-state index in [1.54, 1.807) is 12.1 Å². The first-order chi connectivity index (χ1) is 16.6. The summed E-state index contributed by atoms with van der Waals surface area (Å²) in [6, 6.07) is 13.6. The predicted molar refractivity (Wildman–Crippen MR) is 132 cm³/mol. The van der Waals surface area contributed by atoms with Gasteiger partial charge in [-0.05, 0) is 36.8 Å². The number of nitrogens with zero attached hydrogens (tertiary/aromatic N) is 4. The maximum Gasteiger partial charge on any atom is 0.319 e. The number of benzene rings is 2. The Morgan fingerprint density at radius 1 is 1.12 bits per heavy atom. The molecule has 0 unspecified atom stereocenters. The van der Waals surface area contributed by atoms with Crippen LogP contribution in [-0.2, 0) is 6.42 Å². The van der Waals surface area contributed by atoms with Crippen molar-refractivity contribution in [3.05, 3.63) is 65.7 Å². The molecule has 0 bridgehead atoms. The highest BCUT2D eigenvalue weighted by molar-refractivity contribution is 7.09. The molecule has 1 aliphatic rings. The van der Waals surface area contributed by atoms with Crippen molar-refractivity contribution in [2.45, 2.75) is 13.3 Å². The topological polar surface area (TPSA) is 82.6 Å². The summed E-state index contributed by atoms with van der Waals surface area (Å²) in [5.74, 6) is 1.18. The van der Waals surface area contributed by atoms with Crippen LogP contribution in [0.15, 0.2) is 48.5 Å². The number of halogens is 1. The normalized spacial score (nSPS) is 14.1. The van der Waals surface area contributed by atoms with Gasteiger partial charge in [-0.25, -0.2) is 14.2 Å². The fraction of sp³-hybridized carbons (Fsp3) is 0.375. The fourth-order valence-corrected chi connectivity index (χ4v) is 4.47. The zero-order chi connectivity index (χ0) is 23.8. The van der Waals surface area contributed by atoms with Gasteiger partial charge in [-0.2, -0.15) is 4.37 Å². The Morgan fingerprint density at radius 3 is 2.65 bits per heavy atom. The number of ether oxygens (including phenoxy) is 1. The molecule has 2 N–H and O–H groups in total. The van der Waals surface area contributed by atoms with Crippen LogP contribution in [-0.4, -0.2) is 66.2 Å². The van der Waals surface area contributed by atoms with E-state index in [1.807, 2.05) is 31.2 Å². The van der Waals surface area contributed by atoms with Crippen LogP contribution >= 0.6 is 11.5 Å². The minimum Gasteiger partial charge on any atom is -0.492 e. The average molecular weight is 485 g/mol. The van der Waals surface area contributed by atoms with Crippen molar-refractivity contribution in [2.24, 2.45) is 0 Å². The molecule has 1 fully saturated rings. The zero-order valence-electron chi connectivity index (χ0n) is 19.2. The summed E-state index contributed by atoms with van der Waals surface area (Å²) >= 11 is 1.40. The molecule has 10 heteroatoms. The summed E-state index contributed by atoms with van der Waals surface area (Å²) in [4.78, 5) is 21.5. The third kappa shape index (κ3) is 6.64. The Balaban J connectivity index is 1.17. The molecule has 3 aromatic rings. The van der Waals surface area contributed by atoms with Crippen LogP contribution in [0.1, 0.15) is 18.3 Å². The van der Waals surface area contributed by atoms with Crippen LogP contribution in [0.3, 0.4) is 0 Å². The van der Waals surface area contributed by atoms with E-state index in [2.05, 4.69) is 29.8 Å². The molecule has 0 radical (unpaired) electrons. The van der Waals surface area contributed by atoms with E-state index in [9.17, 15) is 9.18 Å². The molecule has 0 aliphatic carbocycles. The molecule has 2 heterocycles. The summed E-state index contributed by atoms with van der Waals surface area (Å²) in [5, 5.41) is 6.68. The minimum absolute atomic E-state index is 0.240. The van der Waals surface area contributed by atoms with Crippen LogP contribution < -0.4 is 20.3 Å². The molecular weight excluding hydrogens is 455 g/mol. The van der Waals surface area contributed by atoms with Crippen molar-refractivity contribution in [3.8, 4) is 5.75 Å². The molecule has 34 heavy (non-hydrogen) atoms. The van der Waals surface area contributed by atoms with Crippen molar-refractivity contribution in [2.75, 3.05) is 56.1 Å². The van der Waals surface area contributed by atoms with Crippen molar-refractivity contribution in [1.29, 1.82) is 0 Å². The third-order valence-corrected chi connectivity index (χ3v) is 6.34. The van der Waals surface area contributed by atoms with Crippen LogP contribution in [0.25, 0.3) is 0 Å². The predicted octanol–water partition coefficient (Wildman–Crippen LogP) is 3.61. The summed E-state index contributed by atoms with van der Waals surface area (Å²) in [6.45, 7) is 7.29. The van der Waals surface area contributed by atoms with E-state index in [1.165, 1.54) is 23.7 Å². The molecule has 180 valence electrons. The van der Waals surface area contributed by atoms with E-state index in [0.717, 1.165) is 49.2 Å². The minimum atomic E-state index is -0.242. The van der Waals surface area contributed by atoms with E-state index in [0.29, 0.717) is 31.0 Å². The second kappa shape index (κ2) is 11.8. The molecule has 1 aromatic heterocycles. The van der Waals surface area contributed by atoms with E-state index >= 15 is 0 Å². The maximum atomic E-state index is 13.1. The third-order valence-electron chi connectivity index (χ3n) is 5.52. The summed E-state index contributed by atoms with van der Waals surface area (Å²) in [5.41, 5.74) is 1.65. The number of hydrogen-bond donors (Lipinski definition) is 2. The number of anilines is 2. The lowest BCUT2D eigenvalue weighted by molar-refractivity contribution is 0.240. The molecule has 0 atom stereocenters. The number of carbonyl (C=O) groups excluding carboxylic acids is 1. The first kappa shape index (κ1) is 23.9. The van der Waals surface area contributed by atoms with Crippen molar-refractivity contribution in [3.63, 3.8) is 0 Å². The quantitative estimate of drug-likeness (QED) is 0.483. The standard InChI is InChI=1S/C24H29FN6O2S/c1-2-33-21-6-4-3-5-20(21)27-23(32)26-11-12-30-13-15-31(16-14-30)24-28-22(29-34-24)17-18-7-9-19(25)10-8-18/h3-10H,2,11-17H2,1H3,(H2,26,27,32). The van der Waals surface area contributed by atoms with Gasteiger partial charge in [0.15, 0.2) is 0 Å². The number of amides is 2. The Bertz CT molecular complexity index is 1070. The van der Waals surface area contributed by atoms with Gasteiger partial charge in [0.05, 0.1) is 12.3 Å². The van der Waals surface area contributed by atoms with Gasteiger partial charge in [0, 0.05) is 57.2 Å². The van der Waals surface area contributed by atoms with Gasteiger partial charge >= 0.3 is 6.03 Å². The zero-order valence-corrected chi connectivity index (χ0v) is 20.0. The molecule has 0 spiro atoms. The SMILES string of the molecule is CCOc1ccccc1NC(=O)NCCN1CCN(c2nc(Cc3ccc(F)cc3)ns2)CC1. The number of hydrogen-bond acceptors (Lipinski definition) is 7. The number of rotatable bonds is 9. The first-order valence-corrected chi connectivity index (χ1v) is 12.2. The molecule has 4 rings (SSSR count). The monoisotopic (exact) mass is 484 g/mol. The van der Waals surface area contributed by atoms with Gasteiger partial charge in [0.25, 0.3) is 0 Å². The van der Waals surface area contributed by atoms with Crippen LogP contribution in [0.2, 0.25) is 0 Å². The summed E-state index contributed by atoms with van der Waals surface area (Å²) < 4.78 is 23.1. The largest absolute Gasteiger partial charge is 0.492 e. The van der Waals surface area contributed by atoms with Crippen molar-refractivity contribution >= 4 is 28.4 Å². The van der Waals surface area contributed by atoms with Crippen molar-refractivity contribution in [1.82, 2.24) is 19.6 Å². The number of urea groups is 1. The number of nitrogens with one attached hydrogen (secondary N) is 2. The lowest BCUT2D eigenvalue weighted by atomic mass is 10.1. The molecular formula is C24H29FN6O2S. The second-order valence-corrected chi connectivity index (χ2v) is 8.67. The summed E-state index contributed by atoms with van der Waals surface area (Å²) in [6.07, 6.45) is 0.597. The lowest BCUT2D eigenvalue weighted by Gasteiger charge is -2.34. The van der Waals surface area contributed by atoms with Gasteiger partial charge in [-0.3, -0.25) is 4.90 Å². The van der Waals surface area contributed by atoms with E-state index < -0.39 is 0 Å². The molecule has 8 nitrogen and oxygen atoms in total. The van der Waals surface area contributed by atoms with E-state index in [-0.39, 0.29) is 11.8 Å². The highest BCUT2D eigenvalue weighted by Crippen LogP contribution is 2.23. The van der Waals surface area contributed by atoms with Gasteiger partial charge in [0.2, 0.25) is 5.13 Å². The average Bonchev–Trinajstić information content (AvgIpc) is 3.31. The first-order valence-electron chi connectivity index (χ1n) is 11.4. The molecule has 0 saturated carbocycles. The van der Waals surface area contributed by atoms with E-state index in [4.69, 9.17) is 4.74 Å². The maximum absolute atomic E-state index is 13.1. The smallest absolute Gasteiger partial charge is 0.319 e. The van der Waals surface area contributed by atoms with Gasteiger partial charge in [0.1, 0.15) is 17.4 Å². The Morgan fingerprint density at radius 2 is 1.88 bits per heavy atom. The van der Waals surface area contributed by atoms with Crippen LogP contribution in [0.5, 0.6) is 5.75 Å². The number of para-hydroxylation sites is 2. The number of aromatic nitrogens is 2. The van der Waals surface area contributed by atoms with Gasteiger partial charge < -0.3 is 20.3 Å². The molecule has 1 aliphatic heterocycles.